The quantitative estimate of drug-likeness (QED) is 0.154. The highest BCUT2D eigenvalue weighted by atomic mass is 16.5. The lowest BCUT2D eigenvalue weighted by molar-refractivity contribution is 0.0735. The molecule has 3 nitrogen and oxygen atoms in total. The zero-order chi connectivity index (χ0) is 24.3. The molecule has 1 aliphatic carbocycles. The average molecular weight is 466 g/mol. The summed E-state index contributed by atoms with van der Waals surface area (Å²) in [4.78, 5) is 12.5. The fourth-order valence-corrected chi connectivity index (χ4v) is 4.06. The molecule has 3 aromatic carbocycles. The van der Waals surface area contributed by atoms with E-state index in [-0.39, 0.29) is 5.97 Å². The molecule has 1 aliphatic rings. The van der Waals surface area contributed by atoms with Gasteiger partial charge in [-0.15, -0.1) is 0 Å². The highest BCUT2D eigenvalue weighted by molar-refractivity contribution is 5.91. The SMILES string of the molecule is CCCCCCCCOc1ccc(-c2ccc(OC(=O)c3ccc([C]4[CH][CH][CH][CH]4)cc3)cc2)cc1. The molecule has 0 spiro atoms. The Hall–Kier alpha value is -3.07. The maximum atomic E-state index is 12.5. The topological polar surface area (TPSA) is 35.5 Å². The van der Waals surface area contributed by atoms with Crippen LogP contribution in [0.15, 0.2) is 72.8 Å². The molecule has 5 radical (unpaired) electrons. The largest absolute Gasteiger partial charge is 0.494 e. The fraction of sp³-hybridized carbons (Fsp3) is 0.250. The Morgan fingerprint density at radius 2 is 1.17 bits per heavy atom. The standard InChI is InChI=1S/C32H33O3/c1-2-3-4-5-6-9-24-34-30-20-16-27(17-21-30)28-18-22-31(23-19-28)35-32(33)29-14-12-26(13-15-29)25-10-7-8-11-25/h7-8,10-23H,2-6,9,24H2,1H3. The number of carbonyl (C=O) groups excluding carboxylic acids is 1. The van der Waals surface area contributed by atoms with Crippen LogP contribution in [-0.2, 0) is 0 Å². The smallest absolute Gasteiger partial charge is 0.343 e. The summed E-state index contributed by atoms with van der Waals surface area (Å²) in [7, 11) is 0. The van der Waals surface area contributed by atoms with Crippen molar-refractivity contribution in [3.8, 4) is 22.6 Å². The first-order valence-corrected chi connectivity index (χ1v) is 12.6. The number of rotatable bonds is 12. The Morgan fingerprint density at radius 1 is 0.629 bits per heavy atom. The van der Waals surface area contributed by atoms with Crippen LogP contribution in [0.4, 0.5) is 0 Å². The minimum atomic E-state index is -0.362. The molecule has 3 aromatic rings. The van der Waals surface area contributed by atoms with Gasteiger partial charge in [-0.05, 0) is 85.2 Å². The number of hydrogen-bond donors (Lipinski definition) is 0. The van der Waals surface area contributed by atoms with Gasteiger partial charge >= 0.3 is 5.97 Å². The van der Waals surface area contributed by atoms with E-state index >= 15 is 0 Å². The number of carbonyl (C=O) groups is 1. The summed E-state index contributed by atoms with van der Waals surface area (Å²) in [5, 5.41) is 0. The van der Waals surface area contributed by atoms with Gasteiger partial charge in [0, 0.05) is 5.92 Å². The van der Waals surface area contributed by atoms with Gasteiger partial charge in [-0.25, -0.2) is 4.79 Å². The molecule has 0 N–H and O–H groups in total. The van der Waals surface area contributed by atoms with Gasteiger partial charge in [0.25, 0.3) is 0 Å². The summed E-state index contributed by atoms with van der Waals surface area (Å²) < 4.78 is 11.4. The molecule has 1 saturated carbocycles. The Labute approximate surface area is 210 Å². The maximum absolute atomic E-state index is 12.5. The van der Waals surface area contributed by atoms with E-state index in [2.05, 4.69) is 19.1 Å². The lowest BCUT2D eigenvalue weighted by atomic mass is 9.97. The molecule has 0 aromatic heterocycles. The highest BCUT2D eigenvalue weighted by Crippen LogP contribution is 2.30. The summed E-state index contributed by atoms with van der Waals surface area (Å²) in [6, 6.07) is 23.2. The average Bonchev–Trinajstić information content (AvgIpc) is 3.44. The van der Waals surface area contributed by atoms with Crippen molar-refractivity contribution in [3.63, 3.8) is 0 Å². The molecule has 3 heteroatoms. The van der Waals surface area contributed by atoms with Crippen molar-refractivity contribution in [2.24, 2.45) is 0 Å². The van der Waals surface area contributed by atoms with Crippen molar-refractivity contribution < 1.29 is 14.3 Å². The predicted octanol–water partition coefficient (Wildman–Crippen LogP) is 8.07. The van der Waals surface area contributed by atoms with Crippen molar-refractivity contribution in [1.29, 1.82) is 0 Å². The van der Waals surface area contributed by atoms with E-state index in [0.717, 1.165) is 41.4 Å². The Kier molecular flexibility index (Phi) is 9.39. The molecule has 0 aliphatic heterocycles. The first-order valence-electron chi connectivity index (χ1n) is 12.6. The van der Waals surface area contributed by atoms with E-state index in [9.17, 15) is 4.79 Å². The molecule has 1 fully saturated rings. The summed E-state index contributed by atoms with van der Waals surface area (Å²) in [6.45, 7) is 3.00. The van der Waals surface area contributed by atoms with E-state index in [0.29, 0.717) is 11.3 Å². The van der Waals surface area contributed by atoms with Crippen molar-refractivity contribution in [2.45, 2.75) is 45.4 Å². The minimum Gasteiger partial charge on any atom is -0.494 e. The van der Waals surface area contributed by atoms with E-state index in [1.807, 2.05) is 74.2 Å². The molecule has 0 atom stereocenters. The van der Waals surface area contributed by atoms with Crippen LogP contribution in [0.5, 0.6) is 11.5 Å². The minimum absolute atomic E-state index is 0.362. The van der Waals surface area contributed by atoms with E-state index < -0.39 is 0 Å². The number of benzene rings is 3. The van der Waals surface area contributed by atoms with E-state index in [1.54, 1.807) is 12.1 Å². The molecule has 0 saturated heterocycles. The zero-order valence-electron chi connectivity index (χ0n) is 20.4. The molecule has 179 valence electrons. The fourth-order valence-electron chi connectivity index (χ4n) is 4.06. The van der Waals surface area contributed by atoms with E-state index in [1.165, 1.54) is 32.1 Å². The highest BCUT2D eigenvalue weighted by Gasteiger charge is 2.19. The van der Waals surface area contributed by atoms with Gasteiger partial charge in [-0.2, -0.15) is 0 Å². The Bertz CT molecular complexity index is 1030. The van der Waals surface area contributed by atoms with Crippen LogP contribution in [-0.4, -0.2) is 12.6 Å². The lowest BCUT2D eigenvalue weighted by Crippen LogP contribution is -2.08. The molecular formula is C32H33O3. The third-order valence-corrected chi connectivity index (χ3v) is 6.14. The Morgan fingerprint density at radius 3 is 1.80 bits per heavy atom. The van der Waals surface area contributed by atoms with Crippen molar-refractivity contribution in [2.75, 3.05) is 6.61 Å². The van der Waals surface area contributed by atoms with Crippen molar-refractivity contribution >= 4 is 5.97 Å². The van der Waals surface area contributed by atoms with Gasteiger partial charge in [-0.3, -0.25) is 0 Å². The second-order valence-corrected chi connectivity index (χ2v) is 8.81. The molecular weight excluding hydrogens is 432 g/mol. The van der Waals surface area contributed by atoms with Crippen LogP contribution in [0.2, 0.25) is 0 Å². The van der Waals surface area contributed by atoms with Crippen molar-refractivity contribution in [1.82, 2.24) is 0 Å². The molecule has 4 rings (SSSR count). The van der Waals surface area contributed by atoms with Crippen LogP contribution in [0.25, 0.3) is 11.1 Å². The third-order valence-electron chi connectivity index (χ3n) is 6.14. The molecule has 0 bridgehead atoms. The summed E-state index contributed by atoms with van der Waals surface area (Å²) in [5.41, 5.74) is 3.76. The van der Waals surface area contributed by atoms with Gasteiger partial charge in [0.15, 0.2) is 0 Å². The zero-order valence-corrected chi connectivity index (χ0v) is 20.4. The summed E-state index contributed by atoms with van der Waals surface area (Å²) >= 11 is 0. The summed E-state index contributed by atoms with van der Waals surface area (Å²) in [5.74, 6) is 2.20. The van der Waals surface area contributed by atoms with Gasteiger partial charge in [0.2, 0.25) is 0 Å². The van der Waals surface area contributed by atoms with Crippen LogP contribution >= 0.6 is 0 Å². The first kappa shape index (κ1) is 25.0. The van der Waals surface area contributed by atoms with E-state index in [4.69, 9.17) is 9.47 Å². The van der Waals surface area contributed by atoms with Crippen LogP contribution in [0, 0.1) is 31.6 Å². The normalized spacial score (nSPS) is 13.6. The second kappa shape index (κ2) is 13.1. The molecule has 0 heterocycles. The molecule has 0 amide bonds. The Balaban J connectivity index is 1.25. The van der Waals surface area contributed by atoms with Crippen molar-refractivity contribution in [3.05, 3.63) is 116 Å². The number of ether oxygens (including phenoxy) is 2. The molecule has 35 heavy (non-hydrogen) atoms. The number of hydrogen-bond acceptors (Lipinski definition) is 3. The lowest BCUT2D eigenvalue weighted by Gasteiger charge is -2.10. The number of esters is 1. The van der Waals surface area contributed by atoms with Crippen LogP contribution in [0.3, 0.4) is 0 Å². The maximum Gasteiger partial charge on any atom is 0.343 e. The molecule has 0 unspecified atom stereocenters. The van der Waals surface area contributed by atoms with Gasteiger partial charge in [0.1, 0.15) is 11.5 Å². The second-order valence-electron chi connectivity index (χ2n) is 8.81. The summed E-state index contributed by atoms with van der Waals surface area (Å²) in [6.07, 6.45) is 15.7. The third kappa shape index (κ3) is 7.45. The van der Waals surface area contributed by atoms with Gasteiger partial charge in [0.05, 0.1) is 12.2 Å². The van der Waals surface area contributed by atoms with Gasteiger partial charge < -0.3 is 9.47 Å². The van der Waals surface area contributed by atoms with Crippen LogP contribution < -0.4 is 9.47 Å². The predicted molar refractivity (Wildman–Crippen MR) is 142 cm³/mol. The number of unbranched alkanes of at least 4 members (excludes halogenated alkanes) is 5. The monoisotopic (exact) mass is 465 g/mol. The van der Waals surface area contributed by atoms with Crippen LogP contribution in [0.1, 0.15) is 61.4 Å². The van der Waals surface area contributed by atoms with Gasteiger partial charge in [-0.1, -0.05) is 75.4 Å². The first-order chi connectivity index (χ1) is 17.2.